The van der Waals surface area contributed by atoms with Gasteiger partial charge in [-0.25, -0.2) is 0 Å². The molecular formula is C8H7ClF3NO. The van der Waals surface area contributed by atoms with Crippen LogP contribution in [-0.4, -0.2) is 11.3 Å². The second kappa shape index (κ2) is 3.67. The van der Waals surface area contributed by atoms with Crippen LogP contribution in [0.3, 0.4) is 0 Å². The first-order valence-corrected chi connectivity index (χ1v) is 4.01. The fraction of sp³-hybridized carbons (Fsp3) is 0.250. The van der Waals surface area contributed by atoms with Crippen molar-refractivity contribution < 1.29 is 18.3 Å². The van der Waals surface area contributed by atoms with Gasteiger partial charge in [-0.3, -0.25) is 0 Å². The largest absolute Gasteiger partial charge is 0.508 e. The van der Waals surface area contributed by atoms with Crippen molar-refractivity contribution in [2.45, 2.75) is 12.2 Å². The molecule has 0 fully saturated rings. The van der Waals surface area contributed by atoms with E-state index in [0.717, 1.165) is 12.1 Å². The Morgan fingerprint density at radius 3 is 2.36 bits per heavy atom. The Bertz CT molecular complexity index is 340. The number of phenols is 1. The van der Waals surface area contributed by atoms with Crippen LogP contribution in [0.5, 0.6) is 5.75 Å². The number of phenolic OH excluding ortho intramolecular Hbond substituents is 1. The number of alkyl halides is 3. The van der Waals surface area contributed by atoms with E-state index in [0.29, 0.717) is 0 Å². The molecule has 0 amide bonds. The highest BCUT2D eigenvalue weighted by Crippen LogP contribution is 2.35. The Hall–Kier alpha value is -0.940. The second-order valence-corrected chi connectivity index (χ2v) is 3.16. The summed E-state index contributed by atoms with van der Waals surface area (Å²) in [4.78, 5) is 0. The molecule has 1 atom stereocenters. The zero-order valence-corrected chi connectivity index (χ0v) is 7.60. The third-order valence-corrected chi connectivity index (χ3v) is 1.92. The number of halogens is 4. The maximum Gasteiger partial charge on any atom is 0.407 e. The lowest BCUT2D eigenvalue weighted by Crippen LogP contribution is -2.28. The number of hydrogen-bond donors (Lipinski definition) is 2. The van der Waals surface area contributed by atoms with E-state index in [1.54, 1.807) is 0 Å². The van der Waals surface area contributed by atoms with Crippen LogP contribution in [0.2, 0.25) is 5.02 Å². The highest BCUT2D eigenvalue weighted by Gasteiger charge is 2.39. The zero-order chi connectivity index (χ0) is 10.9. The van der Waals surface area contributed by atoms with Gasteiger partial charge in [-0.1, -0.05) is 17.7 Å². The first-order valence-electron chi connectivity index (χ1n) is 3.63. The molecule has 3 N–H and O–H groups in total. The van der Waals surface area contributed by atoms with Crippen molar-refractivity contribution >= 4 is 11.6 Å². The predicted molar refractivity (Wildman–Crippen MR) is 46.1 cm³/mol. The molecular weight excluding hydrogens is 219 g/mol. The Balaban J connectivity index is 3.08. The van der Waals surface area contributed by atoms with Crippen LogP contribution in [-0.2, 0) is 0 Å². The minimum Gasteiger partial charge on any atom is -0.508 e. The molecule has 0 saturated heterocycles. The van der Waals surface area contributed by atoms with Crippen molar-refractivity contribution in [2.24, 2.45) is 5.73 Å². The number of rotatable bonds is 1. The molecule has 0 heterocycles. The van der Waals surface area contributed by atoms with E-state index in [1.807, 2.05) is 0 Å². The summed E-state index contributed by atoms with van der Waals surface area (Å²) in [6.45, 7) is 0. The van der Waals surface area contributed by atoms with Crippen LogP contribution in [0.1, 0.15) is 11.6 Å². The van der Waals surface area contributed by atoms with Crippen molar-refractivity contribution in [3.05, 3.63) is 28.8 Å². The van der Waals surface area contributed by atoms with E-state index >= 15 is 0 Å². The molecule has 1 aromatic rings. The van der Waals surface area contributed by atoms with Gasteiger partial charge in [0.05, 0.1) is 0 Å². The SMILES string of the molecule is N[C@@H](c1ccc(Cl)cc1O)C(F)(F)F. The monoisotopic (exact) mass is 225 g/mol. The first kappa shape index (κ1) is 11.1. The van der Waals surface area contributed by atoms with E-state index < -0.39 is 18.0 Å². The summed E-state index contributed by atoms with van der Waals surface area (Å²) in [5.41, 5.74) is 4.51. The predicted octanol–water partition coefficient (Wildman–Crippen LogP) is 2.61. The van der Waals surface area contributed by atoms with Gasteiger partial charge in [-0.05, 0) is 12.1 Å². The van der Waals surface area contributed by atoms with Crippen molar-refractivity contribution in [3.63, 3.8) is 0 Å². The molecule has 1 rings (SSSR count). The highest BCUT2D eigenvalue weighted by molar-refractivity contribution is 6.30. The molecule has 0 spiro atoms. The molecule has 78 valence electrons. The summed E-state index contributed by atoms with van der Waals surface area (Å²) >= 11 is 5.45. The summed E-state index contributed by atoms with van der Waals surface area (Å²) in [7, 11) is 0. The van der Waals surface area contributed by atoms with Crippen molar-refractivity contribution in [1.82, 2.24) is 0 Å². The Labute approximate surface area is 83.1 Å². The Morgan fingerprint density at radius 1 is 1.36 bits per heavy atom. The standard InChI is InChI=1S/C8H7ClF3NO/c9-4-1-2-5(6(14)3-4)7(13)8(10,11)12/h1-3,7,14H,13H2/t7-/m0/s1. The van der Waals surface area contributed by atoms with Crippen LogP contribution < -0.4 is 5.73 Å². The molecule has 14 heavy (non-hydrogen) atoms. The summed E-state index contributed by atoms with van der Waals surface area (Å²) in [5, 5.41) is 9.31. The summed E-state index contributed by atoms with van der Waals surface area (Å²) < 4.78 is 36.4. The van der Waals surface area contributed by atoms with Gasteiger partial charge in [-0.15, -0.1) is 0 Å². The molecule has 0 bridgehead atoms. The van der Waals surface area contributed by atoms with Gasteiger partial charge in [0.2, 0.25) is 0 Å². The van der Waals surface area contributed by atoms with Gasteiger partial charge in [0, 0.05) is 10.6 Å². The molecule has 0 radical (unpaired) electrons. The zero-order valence-electron chi connectivity index (χ0n) is 6.85. The van der Waals surface area contributed by atoms with Gasteiger partial charge < -0.3 is 10.8 Å². The summed E-state index contributed by atoms with van der Waals surface area (Å²) in [6.07, 6.45) is -4.58. The average molecular weight is 226 g/mol. The molecule has 6 heteroatoms. The van der Waals surface area contributed by atoms with Crippen LogP contribution in [0, 0.1) is 0 Å². The van der Waals surface area contributed by atoms with Crippen molar-refractivity contribution in [3.8, 4) is 5.75 Å². The van der Waals surface area contributed by atoms with Gasteiger partial charge >= 0.3 is 6.18 Å². The molecule has 0 aliphatic rings. The van der Waals surface area contributed by atoms with E-state index in [9.17, 15) is 13.2 Å². The normalized spacial score (nSPS) is 14.1. The maximum absolute atomic E-state index is 12.1. The van der Waals surface area contributed by atoms with Crippen LogP contribution in [0.25, 0.3) is 0 Å². The van der Waals surface area contributed by atoms with Gasteiger partial charge in [0.15, 0.2) is 0 Å². The minimum absolute atomic E-state index is 0.153. The summed E-state index contributed by atoms with van der Waals surface area (Å²) in [5.74, 6) is -0.553. The third kappa shape index (κ3) is 2.30. The Morgan fingerprint density at radius 2 is 1.93 bits per heavy atom. The van der Waals surface area contributed by atoms with Crippen LogP contribution >= 0.6 is 11.6 Å². The van der Waals surface area contributed by atoms with Gasteiger partial charge in [-0.2, -0.15) is 13.2 Å². The quantitative estimate of drug-likeness (QED) is 0.772. The number of aromatic hydroxyl groups is 1. The average Bonchev–Trinajstić information content (AvgIpc) is 2.01. The fourth-order valence-corrected chi connectivity index (χ4v) is 1.12. The molecule has 0 saturated carbocycles. The van der Waals surface area contributed by atoms with E-state index in [-0.39, 0.29) is 10.6 Å². The van der Waals surface area contributed by atoms with Gasteiger partial charge in [0.1, 0.15) is 11.8 Å². The van der Waals surface area contributed by atoms with Crippen LogP contribution in [0.15, 0.2) is 18.2 Å². The second-order valence-electron chi connectivity index (χ2n) is 2.72. The molecule has 0 aliphatic carbocycles. The van der Waals surface area contributed by atoms with E-state index in [1.165, 1.54) is 6.07 Å². The molecule has 0 aliphatic heterocycles. The Kier molecular flexibility index (Phi) is 2.92. The molecule has 0 aromatic heterocycles. The smallest absolute Gasteiger partial charge is 0.407 e. The third-order valence-electron chi connectivity index (χ3n) is 1.68. The lowest BCUT2D eigenvalue weighted by atomic mass is 10.1. The number of nitrogens with two attached hydrogens (primary N) is 1. The lowest BCUT2D eigenvalue weighted by Gasteiger charge is -2.16. The fourth-order valence-electron chi connectivity index (χ4n) is 0.956. The molecule has 2 nitrogen and oxygen atoms in total. The summed E-state index contributed by atoms with van der Waals surface area (Å²) in [6, 6.07) is 1.11. The van der Waals surface area contributed by atoms with Crippen molar-refractivity contribution in [2.75, 3.05) is 0 Å². The number of benzene rings is 1. The topological polar surface area (TPSA) is 46.2 Å². The lowest BCUT2D eigenvalue weighted by molar-refractivity contribution is -0.149. The first-order chi connectivity index (χ1) is 6.32. The van der Waals surface area contributed by atoms with Gasteiger partial charge in [0.25, 0.3) is 0 Å². The van der Waals surface area contributed by atoms with Crippen molar-refractivity contribution in [1.29, 1.82) is 0 Å². The minimum atomic E-state index is -4.58. The molecule has 0 unspecified atom stereocenters. The van der Waals surface area contributed by atoms with E-state index in [4.69, 9.17) is 22.4 Å². The highest BCUT2D eigenvalue weighted by atomic mass is 35.5. The maximum atomic E-state index is 12.1. The molecule has 1 aromatic carbocycles. The van der Waals surface area contributed by atoms with E-state index in [2.05, 4.69) is 0 Å². The van der Waals surface area contributed by atoms with Crippen LogP contribution in [0.4, 0.5) is 13.2 Å². The number of hydrogen-bond acceptors (Lipinski definition) is 2.